The topological polar surface area (TPSA) is 85.4 Å². The summed E-state index contributed by atoms with van der Waals surface area (Å²) in [5.41, 5.74) is 2.57. The van der Waals surface area contributed by atoms with Crippen LogP contribution < -0.4 is 15.5 Å². The van der Waals surface area contributed by atoms with Crippen LogP contribution in [0.5, 0.6) is 5.75 Å². The van der Waals surface area contributed by atoms with Crippen LogP contribution in [-0.4, -0.2) is 29.1 Å². The Morgan fingerprint density at radius 3 is 2.79 bits per heavy atom. The fourth-order valence-electron chi connectivity index (χ4n) is 4.09. The number of hydrogen-bond acceptors (Lipinski definition) is 7. The molecular formula is C23H24ClFN4O3S. The number of hydrogen-bond donors (Lipinski definition) is 2. The average Bonchev–Trinajstić information content (AvgIpc) is 3.32. The zero-order chi connectivity index (χ0) is 23.3. The Morgan fingerprint density at radius 1 is 1.27 bits per heavy atom. The summed E-state index contributed by atoms with van der Waals surface area (Å²) in [5.74, 6) is 0.0292. The summed E-state index contributed by atoms with van der Waals surface area (Å²) >= 11 is 7.34. The minimum absolute atomic E-state index is 0.0226. The van der Waals surface area contributed by atoms with E-state index in [2.05, 4.69) is 20.8 Å². The lowest BCUT2D eigenvalue weighted by Crippen LogP contribution is -2.46. The van der Waals surface area contributed by atoms with Crippen LogP contribution in [0.25, 0.3) is 0 Å². The number of carbonyl (C=O) groups excluding carboxylic acids is 1. The summed E-state index contributed by atoms with van der Waals surface area (Å²) in [4.78, 5) is 26.8. The van der Waals surface area contributed by atoms with Crippen LogP contribution in [0.2, 0.25) is 5.02 Å². The lowest BCUT2D eigenvalue weighted by atomic mass is 9.69. The Morgan fingerprint density at radius 2 is 2.06 bits per heavy atom. The van der Waals surface area contributed by atoms with Crippen LogP contribution in [-0.2, 0) is 16.1 Å². The normalized spacial score (nSPS) is 20.3. The van der Waals surface area contributed by atoms with Crippen LogP contribution in [0.3, 0.4) is 0 Å². The van der Waals surface area contributed by atoms with Crippen molar-refractivity contribution in [1.82, 2.24) is 15.4 Å². The fraction of sp³-hybridized carbons (Fsp3) is 0.348. The number of benzene rings is 1. The van der Waals surface area contributed by atoms with Gasteiger partial charge in [0.25, 0.3) is 0 Å². The van der Waals surface area contributed by atoms with Crippen LogP contribution in [0.1, 0.15) is 31.4 Å². The number of ether oxygens (including phenoxy) is 1. The molecule has 1 amide bonds. The predicted molar refractivity (Wildman–Crippen MR) is 125 cm³/mol. The van der Waals surface area contributed by atoms with Crippen molar-refractivity contribution in [2.45, 2.75) is 38.2 Å². The van der Waals surface area contributed by atoms with Crippen molar-refractivity contribution < 1.29 is 18.8 Å². The monoisotopic (exact) mass is 490 g/mol. The van der Waals surface area contributed by atoms with E-state index >= 15 is 0 Å². The van der Waals surface area contributed by atoms with Gasteiger partial charge in [-0.2, -0.15) is 0 Å². The predicted octanol–water partition coefficient (Wildman–Crippen LogP) is 5.30. The molecule has 0 bridgehead atoms. The number of halogens is 2. The van der Waals surface area contributed by atoms with Gasteiger partial charge in [0.15, 0.2) is 16.7 Å². The Balaban J connectivity index is 1.47. The molecule has 0 atom stereocenters. The molecule has 0 aliphatic heterocycles. The first kappa shape index (κ1) is 23.4. The second kappa shape index (κ2) is 10.5. The number of hydroxylamine groups is 1. The number of nitrogens with zero attached hydrogens (tertiary/aromatic N) is 2. The summed E-state index contributed by atoms with van der Waals surface area (Å²) in [5, 5.41) is 5.83. The Labute approximate surface area is 200 Å². The summed E-state index contributed by atoms with van der Waals surface area (Å²) in [7, 11) is 1.42. The van der Waals surface area contributed by atoms with Gasteiger partial charge in [0.2, 0.25) is 5.91 Å². The first-order chi connectivity index (χ1) is 16.0. The van der Waals surface area contributed by atoms with E-state index in [9.17, 15) is 9.18 Å². The van der Waals surface area contributed by atoms with Gasteiger partial charge in [-0.15, -0.1) is 11.3 Å². The van der Waals surface area contributed by atoms with Gasteiger partial charge in [-0.1, -0.05) is 23.7 Å². The average molecular weight is 491 g/mol. The zero-order valence-corrected chi connectivity index (χ0v) is 19.6. The minimum atomic E-state index is -0.713. The third kappa shape index (κ3) is 5.61. The maximum Gasteiger partial charge on any atom is 0.250 e. The maximum atomic E-state index is 14.2. The SMILES string of the molecule is CONC(=O)[C@]1(Cc2cccc(Nc3nccs3)n2)CC[C@@H](Oc2cccc(Cl)c2F)CC1. The molecule has 1 fully saturated rings. The maximum absolute atomic E-state index is 14.2. The number of rotatable bonds is 8. The number of anilines is 2. The second-order valence-electron chi connectivity index (χ2n) is 7.94. The van der Waals surface area contributed by atoms with E-state index in [1.165, 1.54) is 24.5 Å². The molecule has 0 saturated heterocycles. The van der Waals surface area contributed by atoms with Gasteiger partial charge in [-0.3, -0.25) is 9.63 Å². The fourth-order valence-corrected chi connectivity index (χ4v) is 4.79. The summed E-state index contributed by atoms with van der Waals surface area (Å²) in [6.45, 7) is 0. The molecule has 174 valence electrons. The quantitative estimate of drug-likeness (QED) is 0.417. The van der Waals surface area contributed by atoms with Crippen molar-refractivity contribution in [3.63, 3.8) is 0 Å². The van der Waals surface area contributed by atoms with E-state index in [1.54, 1.807) is 18.3 Å². The molecule has 7 nitrogen and oxygen atoms in total. The Kier molecular flexibility index (Phi) is 7.42. The minimum Gasteiger partial charge on any atom is -0.487 e. The van der Waals surface area contributed by atoms with E-state index in [-0.39, 0.29) is 22.8 Å². The highest BCUT2D eigenvalue weighted by Crippen LogP contribution is 2.41. The van der Waals surface area contributed by atoms with Gasteiger partial charge in [0.1, 0.15) is 5.82 Å². The smallest absolute Gasteiger partial charge is 0.250 e. The molecule has 2 aromatic heterocycles. The molecule has 33 heavy (non-hydrogen) atoms. The van der Waals surface area contributed by atoms with Crippen molar-refractivity contribution in [3.8, 4) is 5.75 Å². The van der Waals surface area contributed by atoms with Crippen LogP contribution in [0.15, 0.2) is 48.0 Å². The van der Waals surface area contributed by atoms with Gasteiger partial charge in [0, 0.05) is 23.7 Å². The lowest BCUT2D eigenvalue weighted by molar-refractivity contribution is -0.145. The molecule has 0 unspecified atom stereocenters. The number of nitrogens with one attached hydrogen (secondary N) is 2. The lowest BCUT2D eigenvalue weighted by Gasteiger charge is -2.38. The third-order valence-corrected chi connectivity index (χ3v) is 6.75. The Bertz CT molecular complexity index is 1090. The standard InChI is InChI=1S/C23H24ClFN4O3S/c1-31-29-21(30)23(14-15-4-2-7-19(27-15)28-22-26-12-13-33-22)10-8-16(9-11-23)32-18-6-3-5-17(24)20(18)25/h2-7,12-13,16H,8-11,14H2,1H3,(H,29,30)(H,26,27,28)/t16-,23-. The molecule has 10 heteroatoms. The highest BCUT2D eigenvalue weighted by molar-refractivity contribution is 7.13. The molecule has 2 N–H and O–H groups in total. The molecule has 1 aliphatic rings. The zero-order valence-electron chi connectivity index (χ0n) is 18.0. The molecule has 0 spiro atoms. The molecule has 1 saturated carbocycles. The van der Waals surface area contributed by atoms with Gasteiger partial charge < -0.3 is 10.1 Å². The molecule has 1 aromatic carbocycles. The summed E-state index contributed by atoms with van der Waals surface area (Å²) in [6, 6.07) is 10.4. The van der Waals surface area contributed by atoms with Crippen molar-refractivity contribution >= 4 is 39.8 Å². The number of pyridine rings is 1. The summed E-state index contributed by atoms with van der Waals surface area (Å²) in [6.07, 6.45) is 4.19. The third-order valence-electron chi connectivity index (χ3n) is 5.77. The van der Waals surface area contributed by atoms with Crippen molar-refractivity contribution in [1.29, 1.82) is 0 Å². The van der Waals surface area contributed by atoms with E-state index in [0.29, 0.717) is 37.9 Å². The molecular weight excluding hydrogens is 467 g/mol. The first-order valence-electron chi connectivity index (χ1n) is 10.6. The van der Waals surface area contributed by atoms with E-state index < -0.39 is 11.2 Å². The Hall–Kier alpha value is -2.75. The molecule has 3 aromatic rings. The summed E-state index contributed by atoms with van der Waals surface area (Å²) < 4.78 is 20.1. The number of amides is 1. The van der Waals surface area contributed by atoms with Gasteiger partial charge in [-0.05, 0) is 49.9 Å². The molecule has 0 radical (unpaired) electrons. The van der Waals surface area contributed by atoms with Crippen LogP contribution in [0.4, 0.5) is 15.3 Å². The van der Waals surface area contributed by atoms with Gasteiger partial charge >= 0.3 is 0 Å². The van der Waals surface area contributed by atoms with E-state index in [0.717, 1.165) is 10.8 Å². The van der Waals surface area contributed by atoms with Gasteiger partial charge in [0.05, 0.1) is 23.7 Å². The number of thiazole rings is 1. The first-order valence-corrected chi connectivity index (χ1v) is 11.8. The molecule has 4 rings (SSSR count). The number of aromatic nitrogens is 2. The van der Waals surface area contributed by atoms with E-state index in [1.807, 2.05) is 23.6 Å². The van der Waals surface area contributed by atoms with E-state index in [4.69, 9.17) is 21.2 Å². The molecule has 1 aliphatic carbocycles. The van der Waals surface area contributed by atoms with Gasteiger partial charge in [-0.25, -0.2) is 19.8 Å². The second-order valence-corrected chi connectivity index (χ2v) is 9.24. The van der Waals surface area contributed by atoms with Crippen molar-refractivity contribution in [2.24, 2.45) is 5.41 Å². The molecule has 2 heterocycles. The van der Waals surface area contributed by atoms with Crippen LogP contribution in [0, 0.1) is 11.2 Å². The van der Waals surface area contributed by atoms with Crippen molar-refractivity contribution in [3.05, 3.63) is 64.5 Å². The highest BCUT2D eigenvalue weighted by Gasteiger charge is 2.43. The largest absolute Gasteiger partial charge is 0.487 e. The number of carbonyl (C=O) groups is 1. The van der Waals surface area contributed by atoms with Crippen molar-refractivity contribution in [2.75, 3.05) is 12.4 Å². The van der Waals surface area contributed by atoms with Crippen LogP contribution >= 0.6 is 22.9 Å². The highest BCUT2D eigenvalue weighted by atomic mass is 35.5.